The number of aromatic nitrogens is 1. The summed E-state index contributed by atoms with van der Waals surface area (Å²) in [6, 6.07) is 17.5. The Kier molecular flexibility index (Phi) is 15.2. The lowest BCUT2D eigenvalue weighted by molar-refractivity contribution is -0.149. The summed E-state index contributed by atoms with van der Waals surface area (Å²) in [5, 5.41) is 0.381. The van der Waals surface area contributed by atoms with Gasteiger partial charge in [-0.05, 0) is 55.7 Å². The number of rotatable bonds is 12. The van der Waals surface area contributed by atoms with Gasteiger partial charge < -0.3 is 19.1 Å². The molecular weight excluding hydrogens is 567 g/mol. The van der Waals surface area contributed by atoms with Gasteiger partial charge in [0.25, 0.3) is 11.1 Å². The predicted octanol–water partition coefficient (Wildman–Crippen LogP) is 7.77. The van der Waals surface area contributed by atoms with E-state index in [0.29, 0.717) is 11.5 Å². The molecule has 1 amide bonds. The molecule has 0 radical (unpaired) electrons. The van der Waals surface area contributed by atoms with Crippen molar-refractivity contribution in [2.45, 2.75) is 45.5 Å². The number of carbonyl (C=O) groups is 2. The summed E-state index contributed by atoms with van der Waals surface area (Å²) in [5.41, 5.74) is 1.21. The van der Waals surface area contributed by atoms with Gasteiger partial charge in [-0.15, -0.1) is 6.42 Å². The van der Waals surface area contributed by atoms with Crippen LogP contribution < -0.4 is 9.47 Å². The number of hydrogen-bond acceptors (Lipinski definition) is 7. The van der Waals surface area contributed by atoms with Crippen LogP contribution in [0.2, 0.25) is 5.02 Å². The molecule has 1 heterocycles. The van der Waals surface area contributed by atoms with E-state index in [1.54, 1.807) is 24.3 Å². The zero-order valence-electron chi connectivity index (χ0n) is 23.3. The Hall–Kier alpha value is -3.74. The number of halogens is 2. The fraction of sp³-hybridized carbons (Fsp3) is 0.323. The van der Waals surface area contributed by atoms with E-state index in [1.165, 1.54) is 30.4 Å². The van der Waals surface area contributed by atoms with Crippen molar-refractivity contribution >= 4 is 34.6 Å². The third-order valence-electron chi connectivity index (χ3n) is 5.21. The summed E-state index contributed by atoms with van der Waals surface area (Å²) in [6.07, 6.45) is 7.52. The number of ether oxygens (including phenoxy) is 3. The van der Waals surface area contributed by atoms with E-state index in [9.17, 15) is 14.0 Å². The standard InChI is InChI=1S/C17H13ClFNO4.C14H21NOS/c1-3-8-22-17(21)11(2)23-13-4-6-14(7-5-13)24-16-15(19)9-12(18)10-20-16;1-3-10-15(11-4-2)14(16)17-12-13-8-6-5-7-9-13/h1,4-7,9-11H,8H2,2H3;5-9H,3-4,10-12H2,1-2H3/t11-;/m1./s1. The molecule has 0 saturated heterocycles. The molecule has 41 heavy (non-hydrogen) atoms. The molecule has 2 aromatic carbocycles. The second-order valence-corrected chi connectivity index (χ2v) is 9.98. The molecule has 1 atom stereocenters. The molecule has 1 aromatic heterocycles. The highest BCUT2D eigenvalue weighted by atomic mass is 35.5. The van der Waals surface area contributed by atoms with Crippen LogP contribution in [0.5, 0.6) is 17.4 Å². The van der Waals surface area contributed by atoms with Crippen molar-refractivity contribution in [2.24, 2.45) is 0 Å². The first-order chi connectivity index (χ1) is 19.8. The van der Waals surface area contributed by atoms with Crippen LogP contribution in [0.15, 0.2) is 66.9 Å². The van der Waals surface area contributed by atoms with Crippen molar-refractivity contribution in [1.82, 2.24) is 9.88 Å². The lowest BCUT2D eigenvalue weighted by Crippen LogP contribution is -2.29. The van der Waals surface area contributed by atoms with E-state index >= 15 is 0 Å². The van der Waals surface area contributed by atoms with E-state index in [1.807, 2.05) is 23.1 Å². The van der Waals surface area contributed by atoms with Crippen LogP contribution in [0.4, 0.5) is 9.18 Å². The number of benzene rings is 2. The number of carbonyl (C=O) groups excluding carboxylic acids is 2. The van der Waals surface area contributed by atoms with Gasteiger partial charge in [0.1, 0.15) is 11.5 Å². The van der Waals surface area contributed by atoms with Gasteiger partial charge in [-0.25, -0.2) is 14.2 Å². The third-order valence-corrected chi connectivity index (χ3v) is 6.39. The number of pyridine rings is 1. The SMILES string of the molecule is C#CCOC(=O)[C@@H](C)Oc1ccc(Oc2ncc(Cl)cc2F)cc1.CCCN(CCC)C(=O)SCc1ccccc1. The summed E-state index contributed by atoms with van der Waals surface area (Å²) >= 11 is 7.03. The summed E-state index contributed by atoms with van der Waals surface area (Å²) in [4.78, 5) is 29.2. The van der Waals surface area contributed by atoms with E-state index in [0.717, 1.165) is 37.8 Å². The van der Waals surface area contributed by atoms with Gasteiger partial charge in [-0.3, -0.25) is 4.79 Å². The minimum atomic E-state index is -0.819. The van der Waals surface area contributed by atoms with Crippen molar-refractivity contribution in [2.75, 3.05) is 19.7 Å². The quantitative estimate of drug-likeness (QED) is 0.155. The second kappa shape index (κ2) is 18.6. The molecule has 10 heteroatoms. The Labute approximate surface area is 250 Å². The van der Waals surface area contributed by atoms with Gasteiger partial charge in [-0.2, -0.15) is 0 Å². The molecule has 3 rings (SSSR count). The topological polar surface area (TPSA) is 78.0 Å². The molecule has 0 fully saturated rings. The first-order valence-corrected chi connectivity index (χ1v) is 14.4. The highest BCUT2D eigenvalue weighted by Crippen LogP contribution is 2.26. The van der Waals surface area contributed by atoms with Crippen LogP contribution in [0.25, 0.3) is 0 Å². The smallest absolute Gasteiger partial charge is 0.347 e. The van der Waals surface area contributed by atoms with Gasteiger partial charge in [-0.1, -0.05) is 73.5 Å². The van der Waals surface area contributed by atoms with Gasteiger partial charge >= 0.3 is 5.97 Å². The van der Waals surface area contributed by atoms with E-state index < -0.39 is 17.9 Å². The lowest BCUT2D eigenvalue weighted by Gasteiger charge is -2.20. The molecule has 0 aliphatic rings. The van der Waals surface area contributed by atoms with Crippen LogP contribution in [0.3, 0.4) is 0 Å². The van der Waals surface area contributed by atoms with Crippen LogP contribution in [0.1, 0.15) is 39.2 Å². The first kappa shape index (κ1) is 33.5. The number of terminal acetylenes is 1. The van der Waals surface area contributed by atoms with Crippen molar-refractivity contribution < 1.29 is 28.2 Å². The van der Waals surface area contributed by atoms with E-state index in [2.05, 4.69) is 36.9 Å². The van der Waals surface area contributed by atoms with E-state index in [4.69, 9.17) is 32.2 Å². The molecule has 0 unspecified atom stereocenters. The Morgan fingerprint density at radius 1 is 1.07 bits per heavy atom. The first-order valence-electron chi connectivity index (χ1n) is 13.1. The van der Waals surface area contributed by atoms with Crippen LogP contribution in [0, 0.1) is 18.2 Å². The van der Waals surface area contributed by atoms with Crippen LogP contribution >= 0.6 is 23.4 Å². The Morgan fingerprint density at radius 2 is 1.71 bits per heavy atom. The maximum atomic E-state index is 13.6. The van der Waals surface area contributed by atoms with Gasteiger partial charge in [0.05, 0.1) is 5.02 Å². The van der Waals surface area contributed by atoms with Crippen molar-refractivity contribution in [3.05, 3.63) is 83.3 Å². The summed E-state index contributed by atoms with van der Waals surface area (Å²) in [6.45, 7) is 7.38. The fourth-order valence-corrected chi connectivity index (χ4v) is 4.29. The van der Waals surface area contributed by atoms with Crippen molar-refractivity contribution in [3.8, 4) is 29.7 Å². The highest BCUT2D eigenvalue weighted by Gasteiger charge is 2.16. The lowest BCUT2D eigenvalue weighted by atomic mass is 10.2. The maximum Gasteiger partial charge on any atom is 0.347 e. The molecule has 3 aromatic rings. The second-order valence-electron chi connectivity index (χ2n) is 8.61. The summed E-state index contributed by atoms with van der Waals surface area (Å²) in [5.74, 6) is 2.29. The fourth-order valence-electron chi connectivity index (χ4n) is 3.30. The number of hydrogen-bond donors (Lipinski definition) is 0. The van der Waals surface area contributed by atoms with E-state index in [-0.39, 0.29) is 22.7 Å². The monoisotopic (exact) mass is 600 g/mol. The molecule has 0 spiro atoms. The average molecular weight is 601 g/mol. The Balaban J connectivity index is 0.000000305. The van der Waals surface area contributed by atoms with Gasteiger partial charge in [0.15, 0.2) is 18.5 Å². The van der Waals surface area contributed by atoms with Crippen molar-refractivity contribution in [1.29, 1.82) is 0 Å². The minimum Gasteiger partial charge on any atom is -0.479 e. The maximum absolute atomic E-state index is 13.6. The van der Waals surface area contributed by atoms with Crippen molar-refractivity contribution in [3.63, 3.8) is 0 Å². The highest BCUT2D eigenvalue weighted by molar-refractivity contribution is 8.12. The van der Waals surface area contributed by atoms with Crippen LogP contribution in [-0.2, 0) is 15.3 Å². The normalized spacial score (nSPS) is 10.8. The number of esters is 1. The number of amides is 1. The largest absolute Gasteiger partial charge is 0.479 e. The molecule has 0 N–H and O–H groups in total. The van der Waals surface area contributed by atoms with Gasteiger partial charge in [0, 0.05) is 25.0 Å². The Morgan fingerprint density at radius 3 is 2.29 bits per heavy atom. The molecule has 0 bridgehead atoms. The summed E-state index contributed by atoms with van der Waals surface area (Å²) in [7, 11) is 0. The Bertz CT molecular complexity index is 1270. The molecule has 0 aliphatic heterocycles. The summed E-state index contributed by atoms with van der Waals surface area (Å²) < 4.78 is 29.1. The zero-order valence-corrected chi connectivity index (χ0v) is 24.9. The molecule has 0 aliphatic carbocycles. The molecular formula is C31H34ClFN2O5S. The minimum absolute atomic E-state index is 0.112. The average Bonchev–Trinajstić information content (AvgIpc) is 2.97. The molecule has 218 valence electrons. The van der Waals surface area contributed by atoms with Gasteiger partial charge in [0.2, 0.25) is 0 Å². The number of thioether (sulfide) groups is 1. The number of nitrogens with zero attached hydrogens (tertiary/aromatic N) is 2. The van der Waals surface area contributed by atoms with Crippen LogP contribution in [-0.4, -0.2) is 46.9 Å². The third kappa shape index (κ3) is 12.5. The molecule has 7 nitrogen and oxygen atoms in total. The predicted molar refractivity (Wildman–Crippen MR) is 161 cm³/mol. The zero-order chi connectivity index (χ0) is 30.0. The molecule has 0 saturated carbocycles.